The van der Waals surface area contributed by atoms with Crippen molar-refractivity contribution in [3.05, 3.63) is 23.7 Å². The number of aliphatic hydroxyl groups is 4. The van der Waals surface area contributed by atoms with E-state index < -0.39 is 42.3 Å². The number of unbranched alkanes of at least 4 members (excludes halogenated alkanes) is 8. The van der Waals surface area contributed by atoms with E-state index in [0.717, 1.165) is 51.4 Å². The second kappa shape index (κ2) is 16.6. The van der Waals surface area contributed by atoms with Crippen molar-refractivity contribution in [2.75, 3.05) is 6.61 Å². The highest BCUT2D eigenvalue weighted by Gasteiger charge is 2.39. The van der Waals surface area contributed by atoms with Gasteiger partial charge in [-0.05, 0) is 32.1 Å². The fraction of sp³-hybridized carbons (Fsp3) is 0.750. The molecule has 0 aliphatic carbocycles. The van der Waals surface area contributed by atoms with E-state index in [4.69, 9.17) is 4.74 Å². The number of allylic oxidation sites excluding steroid dienone is 1. The molecule has 8 heteroatoms. The van der Waals surface area contributed by atoms with Crippen molar-refractivity contribution >= 4 is 11.9 Å². The highest BCUT2D eigenvalue weighted by atomic mass is 16.6. The zero-order valence-corrected chi connectivity index (χ0v) is 19.2. The van der Waals surface area contributed by atoms with Gasteiger partial charge in [0.25, 0.3) is 0 Å². The SMILES string of the molecule is CCCCCC[C@@H](O)C/C=C\CCCCCCCC(=O)OC[C@H](O)[C@H]1OC(=O)C(O)=C1O. The first-order valence-electron chi connectivity index (χ1n) is 11.9. The summed E-state index contributed by atoms with van der Waals surface area (Å²) in [6.07, 6.45) is 13.4. The van der Waals surface area contributed by atoms with Crippen molar-refractivity contribution in [1.29, 1.82) is 0 Å². The first kappa shape index (κ1) is 28.0. The van der Waals surface area contributed by atoms with Crippen LogP contribution in [0.5, 0.6) is 0 Å². The maximum absolute atomic E-state index is 11.7. The third kappa shape index (κ3) is 11.5. The molecule has 0 radical (unpaired) electrons. The van der Waals surface area contributed by atoms with Crippen LogP contribution >= 0.6 is 0 Å². The molecule has 0 saturated carbocycles. The lowest BCUT2D eigenvalue weighted by molar-refractivity contribution is -0.154. The van der Waals surface area contributed by atoms with Crippen LogP contribution in [-0.2, 0) is 19.1 Å². The minimum absolute atomic E-state index is 0.223. The molecule has 0 aromatic heterocycles. The van der Waals surface area contributed by atoms with Crippen LogP contribution in [0.3, 0.4) is 0 Å². The number of hydrogen-bond donors (Lipinski definition) is 4. The van der Waals surface area contributed by atoms with Gasteiger partial charge in [0.1, 0.15) is 12.7 Å². The molecule has 0 fully saturated rings. The molecule has 1 aliphatic rings. The van der Waals surface area contributed by atoms with E-state index >= 15 is 0 Å². The number of hydrogen-bond acceptors (Lipinski definition) is 8. The van der Waals surface area contributed by atoms with E-state index in [0.29, 0.717) is 6.42 Å². The van der Waals surface area contributed by atoms with Gasteiger partial charge in [-0.15, -0.1) is 0 Å². The van der Waals surface area contributed by atoms with Gasteiger partial charge in [-0.1, -0.05) is 64.0 Å². The van der Waals surface area contributed by atoms with Crippen molar-refractivity contribution < 1.29 is 39.5 Å². The molecule has 0 spiro atoms. The van der Waals surface area contributed by atoms with E-state index in [-0.39, 0.29) is 12.5 Å². The molecular formula is C24H40O8. The first-order valence-corrected chi connectivity index (χ1v) is 11.9. The Bertz CT molecular complexity index is 613. The largest absolute Gasteiger partial charge is 0.505 e. The van der Waals surface area contributed by atoms with Gasteiger partial charge in [-0.2, -0.15) is 0 Å². The van der Waals surface area contributed by atoms with Gasteiger partial charge in [0, 0.05) is 6.42 Å². The van der Waals surface area contributed by atoms with E-state index in [1.165, 1.54) is 19.3 Å². The van der Waals surface area contributed by atoms with Crippen LogP contribution in [0.25, 0.3) is 0 Å². The van der Waals surface area contributed by atoms with Crippen molar-refractivity contribution in [1.82, 2.24) is 0 Å². The van der Waals surface area contributed by atoms with E-state index in [1.54, 1.807) is 0 Å². The molecule has 1 heterocycles. The van der Waals surface area contributed by atoms with Crippen molar-refractivity contribution in [2.45, 2.75) is 109 Å². The summed E-state index contributed by atoms with van der Waals surface area (Å²) in [5.74, 6) is -3.29. The Hall–Kier alpha value is -2.06. The zero-order valence-electron chi connectivity index (χ0n) is 19.2. The van der Waals surface area contributed by atoms with Gasteiger partial charge in [0.05, 0.1) is 6.10 Å². The average molecular weight is 457 g/mol. The molecule has 0 aromatic rings. The zero-order chi connectivity index (χ0) is 23.8. The number of cyclic esters (lactones) is 1. The van der Waals surface area contributed by atoms with Crippen LogP contribution in [0.1, 0.15) is 90.4 Å². The average Bonchev–Trinajstić information content (AvgIpc) is 3.03. The van der Waals surface area contributed by atoms with Crippen LogP contribution in [0, 0.1) is 0 Å². The normalized spacial score (nSPS) is 18.2. The minimum atomic E-state index is -1.44. The summed E-state index contributed by atoms with van der Waals surface area (Å²) in [5.41, 5.74) is 0. The molecule has 1 rings (SSSR count). The van der Waals surface area contributed by atoms with Gasteiger partial charge in [-0.25, -0.2) is 4.79 Å². The lowest BCUT2D eigenvalue weighted by Gasteiger charge is -2.17. The molecule has 8 nitrogen and oxygen atoms in total. The van der Waals surface area contributed by atoms with Crippen molar-refractivity contribution in [2.24, 2.45) is 0 Å². The molecule has 4 N–H and O–H groups in total. The maximum atomic E-state index is 11.7. The topological polar surface area (TPSA) is 134 Å². The van der Waals surface area contributed by atoms with Gasteiger partial charge in [0.2, 0.25) is 5.76 Å². The van der Waals surface area contributed by atoms with Gasteiger partial charge in [0.15, 0.2) is 11.9 Å². The van der Waals surface area contributed by atoms with Crippen LogP contribution < -0.4 is 0 Å². The number of esters is 2. The van der Waals surface area contributed by atoms with Crippen molar-refractivity contribution in [3.8, 4) is 0 Å². The molecule has 0 unspecified atom stereocenters. The Kier molecular flexibility index (Phi) is 14.5. The standard InChI is InChI=1S/C24H40O8/c1-2-3-4-11-14-18(25)15-12-9-7-5-6-8-10-13-16-20(27)31-17-19(26)23-21(28)22(29)24(30)32-23/h9,12,18-19,23,25-26,28-29H,2-8,10-11,13-17H2,1H3/b12-9-/t18-,19+,23-/m1/s1. The Morgan fingerprint density at radius 1 is 1.03 bits per heavy atom. The summed E-state index contributed by atoms with van der Waals surface area (Å²) in [7, 11) is 0. The molecule has 0 bridgehead atoms. The summed E-state index contributed by atoms with van der Waals surface area (Å²) in [6.45, 7) is 1.74. The first-order chi connectivity index (χ1) is 15.4. The Morgan fingerprint density at radius 3 is 2.41 bits per heavy atom. The lowest BCUT2D eigenvalue weighted by atomic mass is 10.1. The predicted octanol–water partition coefficient (Wildman–Crippen LogP) is 4.15. The Labute approximate surface area is 190 Å². The van der Waals surface area contributed by atoms with E-state index in [9.17, 15) is 30.0 Å². The Morgan fingerprint density at radius 2 is 1.72 bits per heavy atom. The summed E-state index contributed by atoms with van der Waals surface area (Å²) in [4.78, 5) is 22.8. The number of ether oxygens (including phenoxy) is 2. The van der Waals surface area contributed by atoms with Gasteiger partial charge < -0.3 is 29.9 Å². The number of carbonyl (C=O) groups is 2. The van der Waals surface area contributed by atoms with Crippen LogP contribution in [0.2, 0.25) is 0 Å². The fourth-order valence-corrected chi connectivity index (χ4v) is 3.42. The van der Waals surface area contributed by atoms with Crippen molar-refractivity contribution in [3.63, 3.8) is 0 Å². The van der Waals surface area contributed by atoms with Gasteiger partial charge >= 0.3 is 11.9 Å². The fourth-order valence-electron chi connectivity index (χ4n) is 3.42. The molecule has 0 amide bonds. The maximum Gasteiger partial charge on any atom is 0.377 e. The number of carbonyl (C=O) groups excluding carboxylic acids is 2. The second-order valence-electron chi connectivity index (χ2n) is 8.33. The molecule has 32 heavy (non-hydrogen) atoms. The highest BCUT2D eigenvalue weighted by Crippen LogP contribution is 2.21. The lowest BCUT2D eigenvalue weighted by Crippen LogP contribution is -2.33. The quantitative estimate of drug-likeness (QED) is 0.137. The summed E-state index contributed by atoms with van der Waals surface area (Å²) < 4.78 is 9.54. The molecule has 0 saturated heterocycles. The van der Waals surface area contributed by atoms with Crippen LogP contribution in [0.15, 0.2) is 23.7 Å². The third-order valence-corrected chi connectivity index (χ3v) is 5.42. The highest BCUT2D eigenvalue weighted by molar-refractivity contribution is 5.89. The monoisotopic (exact) mass is 456 g/mol. The molecule has 1 aliphatic heterocycles. The predicted molar refractivity (Wildman–Crippen MR) is 120 cm³/mol. The molecule has 3 atom stereocenters. The summed E-state index contributed by atoms with van der Waals surface area (Å²) >= 11 is 0. The Balaban J connectivity index is 1.96. The number of aliphatic hydroxyl groups excluding tert-OH is 4. The summed E-state index contributed by atoms with van der Waals surface area (Å²) in [6, 6.07) is 0. The third-order valence-electron chi connectivity index (χ3n) is 5.42. The smallest absolute Gasteiger partial charge is 0.377 e. The van der Waals surface area contributed by atoms with E-state index in [2.05, 4.69) is 23.8 Å². The number of rotatable bonds is 18. The minimum Gasteiger partial charge on any atom is -0.505 e. The van der Waals surface area contributed by atoms with Crippen LogP contribution in [-0.4, -0.2) is 57.3 Å². The van der Waals surface area contributed by atoms with Crippen LogP contribution in [0.4, 0.5) is 0 Å². The van der Waals surface area contributed by atoms with E-state index in [1.807, 2.05) is 0 Å². The molecule has 0 aromatic carbocycles. The second-order valence-corrected chi connectivity index (χ2v) is 8.33. The molecule has 184 valence electrons. The molecular weight excluding hydrogens is 416 g/mol. The summed E-state index contributed by atoms with van der Waals surface area (Å²) in [5, 5.41) is 38.4. The van der Waals surface area contributed by atoms with Gasteiger partial charge in [-0.3, -0.25) is 4.79 Å².